The van der Waals surface area contributed by atoms with Crippen LogP contribution < -0.4 is 75.3 Å². The molecule has 1 fully saturated rings. The molecule has 0 saturated carbocycles. The summed E-state index contributed by atoms with van der Waals surface area (Å²) in [5.74, 6) is -13.1. The number of benzene rings is 1. The molecule has 0 radical (unpaired) electrons. The van der Waals surface area contributed by atoms with Crippen molar-refractivity contribution in [1.29, 1.82) is 5.41 Å². The molecule has 0 aromatic heterocycles. The highest BCUT2D eigenvalue weighted by Crippen LogP contribution is 2.25. The molecule has 29 nitrogen and oxygen atoms in total. The number of carbonyl (C=O) groups is 11. The Labute approximate surface area is 510 Å². The molecular formula is C58H99N15O14. The van der Waals surface area contributed by atoms with Crippen molar-refractivity contribution in [1.82, 2.24) is 63.8 Å². The minimum atomic E-state index is -1.99. The van der Waals surface area contributed by atoms with Crippen LogP contribution >= 0.6 is 0 Å². The number of aliphatic hydroxyl groups excluding tert-OH is 3. The van der Waals surface area contributed by atoms with E-state index < -0.39 is 180 Å². The summed E-state index contributed by atoms with van der Waals surface area (Å²) >= 11 is 0. The third-order valence-corrected chi connectivity index (χ3v) is 14.1. The number of hydrogen-bond acceptors (Lipinski definition) is 16. The molecule has 1 aromatic carbocycles. The summed E-state index contributed by atoms with van der Waals surface area (Å²) in [6.45, 7) is 19.4. The van der Waals surface area contributed by atoms with Crippen LogP contribution in [-0.2, 0) is 52.7 Å². The fourth-order valence-electron chi connectivity index (χ4n) is 9.21. The molecule has 1 aromatic rings. The third-order valence-electron chi connectivity index (χ3n) is 14.1. The van der Waals surface area contributed by atoms with Crippen LogP contribution in [0.1, 0.15) is 140 Å². The summed E-state index contributed by atoms with van der Waals surface area (Å²) in [6.07, 6.45) is -2.98. The predicted molar refractivity (Wildman–Crippen MR) is 323 cm³/mol. The van der Waals surface area contributed by atoms with E-state index in [4.69, 9.17) is 16.9 Å². The highest BCUT2D eigenvalue weighted by atomic mass is 16.3. The van der Waals surface area contributed by atoms with Crippen molar-refractivity contribution >= 4 is 70.9 Å². The number of aliphatic hydroxyl groups is 3. The molecule has 1 aliphatic heterocycles. The van der Waals surface area contributed by atoms with Crippen LogP contribution in [0.3, 0.4) is 0 Å². The van der Waals surface area contributed by atoms with E-state index in [9.17, 15) is 63.3 Å². The fraction of sp³-hybridized carbons (Fsp3) is 0.690. The third kappa shape index (κ3) is 26.6. The Morgan fingerprint density at radius 3 is 1.74 bits per heavy atom. The Bertz CT molecular complexity index is 2520. The van der Waals surface area contributed by atoms with Gasteiger partial charge in [-0.2, -0.15) is 0 Å². The van der Waals surface area contributed by atoms with Crippen LogP contribution in [0.4, 0.5) is 0 Å². The van der Waals surface area contributed by atoms with E-state index in [0.29, 0.717) is 0 Å². The first kappa shape index (κ1) is 75.6. The van der Waals surface area contributed by atoms with Crippen molar-refractivity contribution in [2.75, 3.05) is 26.2 Å². The van der Waals surface area contributed by atoms with Crippen molar-refractivity contribution in [2.45, 2.75) is 201 Å². The predicted octanol–water partition coefficient (Wildman–Crippen LogP) is -3.09. The molecule has 2 rings (SSSR count). The number of nitrogens with two attached hydrogens (primary N) is 2. The van der Waals surface area contributed by atoms with Crippen LogP contribution in [0.15, 0.2) is 30.3 Å². The molecule has 490 valence electrons. The first-order chi connectivity index (χ1) is 40.4. The molecule has 1 heterocycles. The van der Waals surface area contributed by atoms with Gasteiger partial charge in [-0.05, 0) is 73.2 Å². The zero-order valence-electron chi connectivity index (χ0n) is 52.6. The van der Waals surface area contributed by atoms with Crippen molar-refractivity contribution in [3.8, 4) is 0 Å². The first-order valence-corrected chi connectivity index (χ1v) is 29.5. The highest BCUT2D eigenvalue weighted by molar-refractivity contribution is 5.99. The lowest BCUT2D eigenvalue weighted by Gasteiger charge is -2.35. The van der Waals surface area contributed by atoms with Crippen LogP contribution in [0.5, 0.6) is 0 Å². The number of nitrogens with one attached hydrogen (secondary N) is 13. The van der Waals surface area contributed by atoms with Crippen molar-refractivity contribution in [2.24, 2.45) is 40.1 Å². The maximum atomic E-state index is 15.4. The van der Waals surface area contributed by atoms with Gasteiger partial charge in [-0.15, -0.1) is 0 Å². The number of guanidine groups is 1. The smallest absolute Gasteiger partial charge is 0.245 e. The van der Waals surface area contributed by atoms with Gasteiger partial charge in [-0.25, -0.2) is 0 Å². The summed E-state index contributed by atoms with van der Waals surface area (Å²) in [6, 6.07) is -8.35. The summed E-state index contributed by atoms with van der Waals surface area (Å²) in [7, 11) is 0. The van der Waals surface area contributed by atoms with Gasteiger partial charge in [0.05, 0.1) is 44.0 Å². The second kappa shape index (κ2) is 35.3. The van der Waals surface area contributed by atoms with Crippen LogP contribution in [-0.4, -0.2) is 179 Å². The molecule has 20 N–H and O–H groups in total. The molecule has 87 heavy (non-hydrogen) atoms. The SMILES string of the molecule is CC[C@H](C)[C@@H]1NC(=O)[C@@H](CCCNC(=N)N)NC(=O)[C@H](CC(C)C)NC(=O)[C@H]([C@H](O)C(C)C)NC(=O)[C@@H](NC(=O)[C@H](CC(C)(C)C)NC(=O)[C@H](N)CC(C)(C)C)[C@@H](c2ccccc2)NC(=O)C(CO)NC(=O)CNC(=O)CNC(=O)[C@H]([C@H](C)O)NC1=O. The average Bonchev–Trinajstić information content (AvgIpc) is 1.86. The zero-order chi connectivity index (χ0) is 66.3. The Morgan fingerprint density at radius 1 is 0.655 bits per heavy atom. The van der Waals surface area contributed by atoms with Gasteiger partial charge in [0.1, 0.15) is 48.3 Å². The molecule has 1 aliphatic rings. The van der Waals surface area contributed by atoms with E-state index in [1.807, 2.05) is 20.8 Å². The highest BCUT2D eigenvalue weighted by Gasteiger charge is 2.42. The topological polar surface area (TPSA) is 469 Å². The van der Waals surface area contributed by atoms with E-state index >= 15 is 4.79 Å². The van der Waals surface area contributed by atoms with Gasteiger partial charge in [0.2, 0.25) is 65.0 Å². The largest absolute Gasteiger partial charge is 0.394 e. The van der Waals surface area contributed by atoms with Crippen LogP contribution in [0.2, 0.25) is 0 Å². The fourth-order valence-corrected chi connectivity index (χ4v) is 9.21. The Balaban J connectivity index is 3.03. The summed E-state index contributed by atoms with van der Waals surface area (Å²) in [5, 5.41) is 71.0. The molecule has 13 atom stereocenters. The van der Waals surface area contributed by atoms with Crippen molar-refractivity contribution in [3.63, 3.8) is 0 Å². The van der Waals surface area contributed by atoms with Crippen LogP contribution in [0.25, 0.3) is 0 Å². The number of rotatable bonds is 19. The van der Waals surface area contributed by atoms with E-state index in [-0.39, 0.29) is 62.5 Å². The normalized spacial score (nSPS) is 24.2. The summed E-state index contributed by atoms with van der Waals surface area (Å²) in [4.78, 5) is 156. The number of hydrogen-bond donors (Lipinski definition) is 18. The van der Waals surface area contributed by atoms with Gasteiger partial charge in [-0.3, -0.25) is 58.1 Å². The number of carbonyl (C=O) groups excluding carboxylic acids is 11. The van der Waals surface area contributed by atoms with E-state index in [1.165, 1.54) is 45.0 Å². The van der Waals surface area contributed by atoms with Gasteiger partial charge < -0.3 is 90.6 Å². The lowest BCUT2D eigenvalue weighted by atomic mass is 9.86. The van der Waals surface area contributed by atoms with Crippen LogP contribution in [0, 0.1) is 34.0 Å². The van der Waals surface area contributed by atoms with Gasteiger partial charge in [0, 0.05) is 6.54 Å². The quantitative estimate of drug-likeness (QED) is 0.0371. The minimum Gasteiger partial charge on any atom is -0.394 e. The second-order valence-electron chi connectivity index (χ2n) is 25.4. The molecular weight excluding hydrogens is 1130 g/mol. The van der Waals surface area contributed by atoms with Gasteiger partial charge in [0.25, 0.3) is 0 Å². The number of amides is 11. The van der Waals surface area contributed by atoms with Gasteiger partial charge >= 0.3 is 0 Å². The van der Waals surface area contributed by atoms with E-state index in [2.05, 4.69) is 63.8 Å². The minimum absolute atomic E-state index is 0.0323. The van der Waals surface area contributed by atoms with Gasteiger partial charge in [-0.1, -0.05) is 120 Å². The first-order valence-electron chi connectivity index (χ1n) is 29.5. The maximum absolute atomic E-state index is 15.4. The summed E-state index contributed by atoms with van der Waals surface area (Å²) < 4.78 is 0. The molecule has 1 unspecified atom stereocenters. The molecule has 0 bridgehead atoms. The zero-order valence-corrected chi connectivity index (χ0v) is 52.6. The second-order valence-corrected chi connectivity index (χ2v) is 25.4. The van der Waals surface area contributed by atoms with Crippen molar-refractivity contribution < 1.29 is 68.1 Å². The molecule has 0 aliphatic carbocycles. The van der Waals surface area contributed by atoms with E-state index in [1.54, 1.807) is 54.5 Å². The molecule has 0 spiro atoms. The average molecular weight is 1230 g/mol. The lowest BCUT2D eigenvalue weighted by Crippen LogP contribution is -2.65. The van der Waals surface area contributed by atoms with Crippen molar-refractivity contribution in [3.05, 3.63) is 35.9 Å². The monoisotopic (exact) mass is 1230 g/mol. The Morgan fingerprint density at radius 2 is 1.20 bits per heavy atom. The van der Waals surface area contributed by atoms with E-state index in [0.717, 1.165) is 0 Å². The molecule has 29 heteroatoms. The maximum Gasteiger partial charge on any atom is 0.245 e. The van der Waals surface area contributed by atoms with Gasteiger partial charge in [0.15, 0.2) is 5.96 Å². The molecule has 11 amide bonds. The summed E-state index contributed by atoms with van der Waals surface area (Å²) in [5.41, 5.74) is 10.9. The Kier molecular flexibility index (Phi) is 30.7. The lowest BCUT2D eigenvalue weighted by molar-refractivity contribution is -0.139. The Hall–Kier alpha value is -7.50. The standard InChI is InChI=1S/C58H99N15O14/c1-14-31(6)41-53(85)70-42(32(7)75)52(84)64-26-39(76)63-27-40(77)65-38(28-74)51(83)71-43(33-19-16-15-17-20-33)44(72-50(82)37(25-58(11,12)13)68-47(79)34(59)24-57(8,9)10)54(86)73-45(46(78)30(4)5)55(87)67-36(23-29(2)3)49(81)66-35(48(80)69-41)21-18-22-62-56(60)61/h15-17,19-20,29-32,34-38,41-46,74-75,78H,14,18,21-28,59H2,1-13H3,(H,63,76)(H,64,84)(H,65,77)(H,66,81)(H,67,87)(H,68,79)(H,69,80)(H,70,85)(H,71,83)(H,72,82)(H,73,86)(H4,60,61,62)/t31-,32-,34+,35+,36-,37-,38?,41-,42-,43+,44-,45-,46+/m0/s1. The molecule has 1 saturated heterocycles.